The second-order valence-electron chi connectivity index (χ2n) is 5.63. The van der Waals surface area contributed by atoms with Gasteiger partial charge in [0.25, 0.3) is 0 Å². The van der Waals surface area contributed by atoms with E-state index in [2.05, 4.69) is 10.4 Å². The minimum absolute atomic E-state index is 0.0367. The summed E-state index contributed by atoms with van der Waals surface area (Å²) < 4.78 is 6.48. The zero-order chi connectivity index (χ0) is 17.3. The molecular formula is C16H16ClN3O4. The van der Waals surface area contributed by atoms with Crippen molar-refractivity contribution in [2.75, 3.05) is 12.4 Å². The maximum Gasteiger partial charge on any atom is 0.338 e. The van der Waals surface area contributed by atoms with Gasteiger partial charge in [0.1, 0.15) is 12.3 Å². The minimum Gasteiger partial charge on any atom is -0.495 e. The number of carbonyl (C=O) groups excluding carboxylic acids is 1. The fourth-order valence-electron chi connectivity index (χ4n) is 2.46. The molecule has 2 aromatic rings. The number of carboxylic acid groups (broad SMARTS) is 1. The zero-order valence-electron chi connectivity index (χ0n) is 13.0. The van der Waals surface area contributed by atoms with Crippen LogP contribution >= 0.6 is 11.6 Å². The summed E-state index contributed by atoms with van der Waals surface area (Å²) in [5.41, 5.74) is 1.69. The van der Waals surface area contributed by atoms with Crippen LogP contribution in [0.2, 0.25) is 5.02 Å². The lowest BCUT2D eigenvalue weighted by Crippen LogP contribution is -2.20. The lowest BCUT2D eigenvalue weighted by atomic mass is 10.1. The molecule has 3 rings (SSSR count). The first kappa shape index (κ1) is 16.3. The van der Waals surface area contributed by atoms with Gasteiger partial charge in [-0.15, -0.1) is 0 Å². The number of hydrogen-bond acceptors (Lipinski definition) is 4. The Morgan fingerprint density at radius 3 is 2.79 bits per heavy atom. The van der Waals surface area contributed by atoms with E-state index >= 15 is 0 Å². The van der Waals surface area contributed by atoms with Crippen molar-refractivity contribution in [3.63, 3.8) is 0 Å². The molecule has 1 aliphatic rings. The van der Waals surface area contributed by atoms with E-state index in [1.807, 2.05) is 6.07 Å². The largest absolute Gasteiger partial charge is 0.495 e. The Kier molecular flexibility index (Phi) is 4.44. The second-order valence-corrected chi connectivity index (χ2v) is 6.04. The Hall–Kier alpha value is -2.54. The molecule has 0 aliphatic heterocycles. The van der Waals surface area contributed by atoms with Crippen molar-refractivity contribution in [3.05, 3.63) is 40.7 Å². The number of benzene rings is 1. The van der Waals surface area contributed by atoms with Crippen molar-refractivity contribution in [3.8, 4) is 5.75 Å². The fraction of sp³-hybridized carbons (Fsp3) is 0.312. The first-order valence-corrected chi connectivity index (χ1v) is 7.78. The van der Waals surface area contributed by atoms with Crippen molar-refractivity contribution in [2.45, 2.75) is 25.3 Å². The summed E-state index contributed by atoms with van der Waals surface area (Å²) in [5, 5.41) is 16.1. The highest BCUT2D eigenvalue weighted by Gasteiger charge is 2.28. The number of amides is 1. The molecule has 1 aliphatic carbocycles. The van der Waals surface area contributed by atoms with Gasteiger partial charge in [0.2, 0.25) is 5.91 Å². The van der Waals surface area contributed by atoms with E-state index in [1.165, 1.54) is 24.2 Å². The topological polar surface area (TPSA) is 93.5 Å². The molecule has 8 heteroatoms. The highest BCUT2D eigenvalue weighted by atomic mass is 35.5. The molecule has 24 heavy (non-hydrogen) atoms. The summed E-state index contributed by atoms with van der Waals surface area (Å²) in [6, 6.07) is 3.53. The molecule has 0 unspecified atom stereocenters. The second kappa shape index (κ2) is 6.52. The number of aromatic carboxylic acids is 1. The van der Waals surface area contributed by atoms with Gasteiger partial charge in [-0.2, -0.15) is 5.10 Å². The standard InChI is InChI=1S/C16H16ClN3O4/c1-24-14-5-13(11(4-12(14)17)9-2-3-9)19-15(21)8-20-7-10(6-18-20)16(22)23/h4-7,9H,2-3,8H2,1H3,(H,19,21)(H,22,23). The molecule has 1 aromatic carbocycles. The van der Waals surface area contributed by atoms with Crippen LogP contribution in [0.1, 0.15) is 34.7 Å². The Morgan fingerprint density at radius 1 is 1.46 bits per heavy atom. The summed E-state index contributed by atoms with van der Waals surface area (Å²) in [4.78, 5) is 23.1. The molecule has 0 radical (unpaired) electrons. The van der Waals surface area contributed by atoms with Crippen LogP contribution in [0.3, 0.4) is 0 Å². The Morgan fingerprint density at radius 2 is 2.21 bits per heavy atom. The minimum atomic E-state index is -1.08. The van der Waals surface area contributed by atoms with Crippen LogP contribution in [0.15, 0.2) is 24.5 Å². The van der Waals surface area contributed by atoms with Crippen molar-refractivity contribution in [1.29, 1.82) is 0 Å². The molecule has 1 saturated carbocycles. The number of aromatic nitrogens is 2. The highest BCUT2D eigenvalue weighted by molar-refractivity contribution is 6.32. The zero-order valence-corrected chi connectivity index (χ0v) is 13.7. The molecule has 2 N–H and O–H groups in total. The van der Waals surface area contributed by atoms with Gasteiger partial charge in [-0.3, -0.25) is 9.48 Å². The lowest BCUT2D eigenvalue weighted by Gasteiger charge is -2.14. The normalized spacial score (nSPS) is 13.6. The molecular weight excluding hydrogens is 334 g/mol. The first-order chi connectivity index (χ1) is 11.5. The fourth-order valence-corrected chi connectivity index (χ4v) is 2.71. The summed E-state index contributed by atoms with van der Waals surface area (Å²) >= 11 is 6.16. The van der Waals surface area contributed by atoms with E-state index < -0.39 is 5.97 Å². The number of methoxy groups -OCH3 is 1. The van der Waals surface area contributed by atoms with E-state index in [-0.39, 0.29) is 18.0 Å². The summed E-state index contributed by atoms with van der Waals surface area (Å²) in [6.45, 7) is -0.0810. The predicted molar refractivity (Wildman–Crippen MR) is 87.8 cm³/mol. The predicted octanol–water partition coefficient (Wildman–Crippen LogP) is 2.76. The van der Waals surface area contributed by atoms with Gasteiger partial charge < -0.3 is 15.2 Å². The molecule has 1 aromatic heterocycles. The Labute approximate surface area is 143 Å². The third-order valence-corrected chi connectivity index (χ3v) is 4.10. The maximum absolute atomic E-state index is 12.2. The van der Waals surface area contributed by atoms with Crippen LogP contribution in [-0.4, -0.2) is 33.9 Å². The van der Waals surface area contributed by atoms with Gasteiger partial charge in [-0.05, 0) is 30.4 Å². The molecule has 1 heterocycles. The average Bonchev–Trinajstić information content (AvgIpc) is 3.27. The van der Waals surface area contributed by atoms with Crippen LogP contribution in [0.5, 0.6) is 5.75 Å². The van der Waals surface area contributed by atoms with Crippen molar-refractivity contribution >= 4 is 29.2 Å². The molecule has 0 spiro atoms. The maximum atomic E-state index is 12.2. The van der Waals surface area contributed by atoms with Crippen molar-refractivity contribution in [1.82, 2.24) is 9.78 Å². The smallest absolute Gasteiger partial charge is 0.338 e. The number of carbonyl (C=O) groups is 2. The molecule has 0 saturated heterocycles. The summed E-state index contributed by atoms with van der Waals surface area (Å²) in [6.07, 6.45) is 4.64. The number of anilines is 1. The van der Waals surface area contributed by atoms with E-state index in [0.29, 0.717) is 22.4 Å². The average molecular weight is 350 g/mol. The van der Waals surface area contributed by atoms with Crippen molar-refractivity contribution < 1.29 is 19.4 Å². The van der Waals surface area contributed by atoms with Crippen LogP contribution in [0.4, 0.5) is 5.69 Å². The Bertz CT molecular complexity index is 799. The van der Waals surface area contributed by atoms with Gasteiger partial charge in [0.15, 0.2) is 0 Å². The van der Waals surface area contributed by atoms with Gasteiger partial charge in [-0.1, -0.05) is 11.6 Å². The third kappa shape index (κ3) is 3.51. The third-order valence-electron chi connectivity index (χ3n) is 3.80. The van der Waals surface area contributed by atoms with Gasteiger partial charge in [-0.25, -0.2) is 4.79 Å². The van der Waals surface area contributed by atoms with E-state index in [1.54, 1.807) is 6.07 Å². The number of carboxylic acids is 1. The van der Waals surface area contributed by atoms with Gasteiger partial charge in [0.05, 0.1) is 23.9 Å². The van der Waals surface area contributed by atoms with Crippen LogP contribution in [0.25, 0.3) is 0 Å². The molecule has 0 atom stereocenters. The van der Waals surface area contributed by atoms with Crippen LogP contribution in [-0.2, 0) is 11.3 Å². The number of rotatable bonds is 6. The first-order valence-electron chi connectivity index (χ1n) is 7.41. The molecule has 1 fully saturated rings. The quantitative estimate of drug-likeness (QED) is 0.836. The van der Waals surface area contributed by atoms with Crippen molar-refractivity contribution in [2.24, 2.45) is 0 Å². The SMILES string of the molecule is COc1cc(NC(=O)Cn2cc(C(=O)O)cn2)c(C2CC2)cc1Cl. The monoisotopic (exact) mass is 349 g/mol. The summed E-state index contributed by atoms with van der Waals surface area (Å²) in [5.74, 6) is -0.503. The number of halogens is 1. The number of hydrogen-bond donors (Lipinski definition) is 2. The van der Waals surface area contributed by atoms with Gasteiger partial charge >= 0.3 is 5.97 Å². The highest BCUT2D eigenvalue weighted by Crippen LogP contribution is 2.46. The number of ether oxygens (including phenoxy) is 1. The van der Waals surface area contributed by atoms with E-state index in [4.69, 9.17) is 21.4 Å². The van der Waals surface area contributed by atoms with Gasteiger partial charge in [0, 0.05) is 18.0 Å². The Balaban J connectivity index is 1.76. The van der Waals surface area contributed by atoms with Crippen LogP contribution < -0.4 is 10.1 Å². The molecule has 0 bridgehead atoms. The molecule has 1 amide bonds. The van der Waals surface area contributed by atoms with Crippen LogP contribution in [0, 0.1) is 0 Å². The number of nitrogens with zero attached hydrogens (tertiary/aromatic N) is 2. The molecule has 126 valence electrons. The lowest BCUT2D eigenvalue weighted by molar-refractivity contribution is -0.116. The summed E-state index contributed by atoms with van der Waals surface area (Å²) in [7, 11) is 1.51. The van der Waals surface area contributed by atoms with E-state index in [0.717, 1.165) is 18.4 Å². The number of nitrogens with one attached hydrogen (secondary N) is 1. The van der Waals surface area contributed by atoms with E-state index in [9.17, 15) is 9.59 Å². The molecule has 7 nitrogen and oxygen atoms in total.